The Morgan fingerprint density at radius 3 is 2.39 bits per heavy atom. The minimum atomic E-state index is -0.530. The molecule has 0 heterocycles. The van der Waals surface area contributed by atoms with Gasteiger partial charge in [-0.2, -0.15) is 0 Å². The summed E-state index contributed by atoms with van der Waals surface area (Å²) in [4.78, 5) is 21.6. The summed E-state index contributed by atoms with van der Waals surface area (Å²) < 4.78 is 11.0. The van der Waals surface area contributed by atoms with Gasteiger partial charge in [-0.3, -0.25) is 14.9 Å². The Kier molecular flexibility index (Phi) is 5.54. The minimum Gasteiger partial charge on any atom is -0.489 e. The van der Waals surface area contributed by atoms with E-state index < -0.39 is 4.92 Å². The Balaban J connectivity index is 1.91. The molecule has 0 fully saturated rings. The summed E-state index contributed by atoms with van der Waals surface area (Å²) in [7, 11) is 0. The van der Waals surface area contributed by atoms with Crippen LogP contribution in [0, 0.1) is 10.1 Å². The Labute approximate surface area is 137 Å². The zero-order valence-corrected chi connectivity index (χ0v) is 13.1. The number of rotatable bonds is 7. The maximum atomic E-state index is 11.5. The number of benzene rings is 2. The van der Waals surface area contributed by atoms with Crippen molar-refractivity contribution in [3.63, 3.8) is 0 Å². The zero-order valence-electron chi connectivity index (χ0n) is 12.3. The van der Waals surface area contributed by atoms with Crippen molar-refractivity contribution in [1.29, 1.82) is 0 Å². The van der Waals surface area contributed by atoms with Gasteiger partial charge < -0.3 is 9.47 Å². The Morgan fingerprint density at radius 1 is 1.13 bits per heavy atom. The van der Waals surface area contributed by atoms with Crippen LogP contribution < -0.4 is 9.47 Å². The lowest BCUT2D eigenvalue weighted by atomic mass is 10.1. The van der Waals surface area contributed by atoms with Crippen molar-refractivity contribution in [2.45, 2.75) is 6.92 Å². The quantitative estimate of drug-likeness (QED) is 0.332. The van der Waals surface area contributed by atoms with Crippen molar-refractivity contribution in [3.8, 4) is 11.5 Å². The van der Waals surface area contributed by atoms with Crippen LogP contribution in [0.3, 0.4) is 0 Å². The number of ketones is 1. The summed E-state index contributed by atoms with van der Waals surface area (Å²) in [5, 5.41) is 10.8. The first-order chi connectivity index (χ1) is 11.0. The summed E-state index contributed by atoms with van der Waals surface area (Å²) in [6.07, 6.45) is 0. The van der Waals surface area contributed by atoms with Gasteiger partial charge in [0.2, 0.25) is 0 Å². The third-order valence-corrected chi connectivity index (χ3v) is 3.29. The molecule has 7 heteroatoms. The molecule has 2 aromatic carbocycles. The van der Waals surface area contributed by atoms with E-state index in [0.29, 0.717) is 17.1 Å². The molecule has 0 bridgehead atoms. The first-order valence-corrected chi connectivity index (χ1v) is 7.16. The summed E-state index contributed by atoms with van der Waals surface area (Å²) in [6, 6.07) is 10.9. The fraction of sp³-hybridized carbons (Fsp3) is 0.188. The van der Waals surface area contributed by atoms with Crippen molar-refractivity contribution in [1.82, 2.24) is 0 Å². The average Bonchev–Trinajstić information content (AvgIpc) is 2.52. The van der Waals surface area contributed by atoms with Crippen LogP contribution in [-0.4, -0.2) is 23.9 Å². The molecular formula is C16H14ClNO5. The molecule has 0 aliphatic rings. The Morgan fingerprint density at radius 2 is 1.78 bits per heavy atom. The minimum absolute atomic E-state index is 0.0834. The highest BCUT2D eigenvalue weighted by Gasteiger charge is 2.11. The van der Waals surface area contributed by atoms with E-state index in [-0.39, 0.29) is 29.7 Å². The molecule has 23 heavy (non-hydrogen) atoms. The van der Waals surface area contributed by atoms with Crippen LogP contribution in [0.4, 0.5) is 5.69 Å². The van der Waals surface area contributed by atoms with Crippen molar-refractivity contribution in [2.75, 3.05) is 13.2 Å². The van der Waals surface area contributed by atoms with Gasteiger partial charge in [-0.15, -0.1) is 0 Å². The van der Waals surface area contributed by atoms with Crippen molar-refractivity contribution < 1.29 is 19.2 Å². The number of carbonyl (C=O) groups excluding carboxylic acids is 1. The molecule has 0 aromatic heterocycles. The van der Waals surface area contributed by atoms with Crippen LogP contribution in [0.1, 0.15) is 17.3 Å². The summed E-state index contributed by atoms with van der Waals surface area (Å²) in [5.41, 5.74) is 0.398. The molecule has 0 spiro atoms. The Hall–Kier alpha value is -2.60. The van der Waals surface area contributed by atoms with Crippen molar-refractivity contribution in [2.24, 2.45) is 0 Å². The molecule has 0 atom stereocenters. The molecule has 0 radical (unpaired) electrons. The van der Waals surface area contributed by atoms with Crippen molar-refractivity contribution >= 4 is 23.1 Å². The number of hydrogen-bond acceptors (Lipinski definition) is 5. The molecule has 2 aromatic rings. The lowest BCUT2D eigenvalue weighted by Crippen LogP contribution is -2.11. The van der Waals surface area contributed by atoms with Gasteiger partial charge >= 0.3 is 0 Å². The number of ether oxygens (including phenoxy) is 2. The molecule has 0 amide bonds. The predicted octanol–water partition coefficient (Wildman–Crippen LogP) is 3.91. The van der Waals surface area contributed by atoms with Gasteiger partial charge in [0.1, 0.15) is 24.7 Å². The first-order valence-electron chi connectivity index (χ1n) is 6.78. The largest absolute Gasteiger partial charge is 0.489 e. The summed E-state index contributed by atoms with van der Waals surface area (Å²) in [5.74, 6) is 0.735. The number of nitrogens with zero attached hydrogens (tertiary/aromatic N) is 1. The molecule has 0 N–H and O–H groups in total. The molecule has 6 nitrogen and oxygen atoms in total. The summed E-state index contributed by atoms with van der Waals surface area (Å²) >= 11 is 5.92. The molecule has 0 saturated heterocycles. The third kappa shape index (κ3) is 4.43. The van der Waals surface area contributed by atoms with Gasteiger partial charge in [-0.25, -0.2) is 0 Å². The van der Waals surface area contributed by atoms with E-state index in [1.165, 1.54) is 25.1 Å². The van der Waals surface area contributed by atoms with Gasteiger partial charge in [0.05, 0.1) is 15.5 Å². The van der Waals surface area contributed by atoms with E-state index in [9.17, 15) is 14.9 Å². The zero-order chi connectivity index (χ0) is 16.8. The third-order valence-electron chi connectivity index (χ3n) is 2.99. The molecule has 120 valence electrons. The van der Waals surface area contributed by atoms with E-state index in [1.54, 1.807) is 24.3 Å². The fourth-order valence-corrected chi connectivity index (χ4v) is 2.14. The average molecular weight is 336 g/mol. The van der Waals surface area contributed by atoms with Crippen LogP contribution in [0.25, 0.3) is 0 Å². The normalized spacial score (nSPS) is 10.2. The number of non-ortho nitro benzene ring substituents is 1. The number of nitro groups is 1. The van der Waals surface area contributed by atoms with E-state index >= 15 is 0 Å². The second kappa shape index (κ2) is 7.60. The number of hydrogen-bond donors (Lipinski definition) is 0. The predicted molar refractivity (Wildman–Crippen MR) is 85.5 cm³/mol. The highest BCUT2D eigenvalue weighted by atomic mass is 35.5. The molecule has 0 unspecified atom stereocenters. The molecule has 0 aliphatic heterocycles. The number of Topliss-reactive ketones (excluding diaryl/α,β-unsaturated/α-hetero) is 1. The number of carbonyl (C=O) groups is 1. The SMILES string of the molecule is CC(=O)c1ccccc1OCCOc1ccc([N+](=O)[O-])cc1Cl. The smallest absolute Gasteiger partial charge is 0.271 e. The number of para-hydroxylation sites is 1. The molecule has 0 aliphatic carbocycles. The fourth-order valence-electron chi connectivity index (χ4n) is 1.91. The van der Waals surface area contributed by atoms with E-state index in [0.717, 1.165) is 0 Å². The van der Waals surface area contributed by atoms with Gasteiger partial charge in [0.15, 0.2) is 5.78 Å². The van der Waals surface area contributed by atoms with Crippen molar-refractivity contribution in [3.05, 3.63) is 63.2 Å². The molecular weight excluding hydrogens is 322 g/mol. The second-order valence-electron chi connectivity index (χ2n) is 4.62. The van der Waals surface area contributed by atoms with Gasteiger partial charge in [-0.05, 0) is 25.1 Å². The van der Waals surface area contributed by atoms with Gasteiger partial charge in [0, 0.05) is 12.1 Å². The van der Waals surface area contributed by atoms with Gasteiger partial charge in [-0.1, -0.05) is 23.7 Å². The summed E-state index contributed by atoms with van der Waals surface area (Å²) in [6.45, 7) is 1.86. The molecule has 2 rings (SSSR count). The topological polar surface area (TPSA) is 78.7 Å². The maximum Gasteiger partial charge on any atom is 0.271 e. The Bertz CT molecular complexity index is 732. The second-order valence-corrected chi connectivity index (χ2v) is 5.03. The monoisotopic (exact) mass is 335 g/mol. The van der Waals surface area contributed by atoms with Crippen LogP contribution in [-0.2, 0) is 0 Å². The van der Waals surface area contributed by atoms with Crippen LogP contribution >= 0.6 is 11.6 Å². The van der Waals surface area contributed by atoms with Crippen LogP contribution in [0.2, 0.25) is 5.02 Å². The van der Waals surface area contributed by atoms with E-state index in [1.807, 2.05) is 0 Å². The highest BCUT2D eigenvalue weighted by molar-refractivity contribution is 6.32. The standard InChI is InChI=1S/C16H14ClNO5/c1-11(19)13-4-2-3-5-15(13)22-8-9-23-16-7-6-12(18(20)21)10-14(16)17/h2-7,10H,8-9H2,1H3. The first kappa shape index (κ1) is 16.8. The molecule has 0 saturated carbocycles. The van der Waals surface area contributed by atoms with Crippen LogP contribution in [0.15, 0.2) is 42.5 Å². The van der Waals surface area contributed by atoms with Crippen LogP contribution in [0.5, 0.6) is 11.5 Å². The van der Waals surface area contributed by atoms with E-state index in [2.05, 4.69) is 0 Å². The highest BCUT2D eigenvalue weighted by Crippen LogP contribution is 2.28. The van der Waals surface area contributed by atoms with E-state index in [4.69, 9.17) is 21.1 Å². The lowest BCUT2D eigenvalue weighted by Gasteiger charge is -2.11. The maximum absolute atomic E-state index is 11.5. The number of nitro benzene ring substituents is 1. The number of halogens is 1. The van der Waals surface area contributed by atoms with Gasteiger partial charge in [0.25, 0.3) is 5.69 Å². The lowest BCUT2D eigenvalue weighted by molar-refractivity contribution is -0.384.